The number of carbonyl (C=O) groups is 1. The van der Waals surface area contributed by atoms with E-state index in [-0.39, 0.29) is 41.4 Å². The molecule has 1 aliphatic rings. The molecule has 5 rings (SSSR count). The zero-order valence-electron chi connectivity index (χ0n) is 20.5. The summed E-state index contributed by atoms with van der Waals surface area (Å²) in [6.45, 7) is 0.822. The van der Waals surface area contributed by atoms with E-state index < -0.39 is 29.1 Å². The lowest BCUT2D eigenvalue weighted by atomic mass is 10.1. The lowest BCUT2D eigenvalue weighted by Crippen LogP contribution is -2.34. The predicted molar refractivity (Wildman–Crippen MR) is 131 cm³/mol. The quantitative estimate of drug-likeness (QED) is 0.221. The Morgan fingerprint density at radius 3 is 2.41 bits per heavy atom. The maximum atomic E-state index is 14.1. The van der Waals surface area contributed by atoms with Crippen LogP contribution < -0.4 is 14.9 Å². The maximum absolute atomic E-state index is 14.1. The molecule has 7 nitrogen and oxygen atoms in total. The standard InChI is InChI=1S/C28H21F4NO6/c1-36-27(35)17-4-8-19(9-5-17)38-25-23(34)20-10-11-22-21(24(20)39-26(25)28(30,31)32)14-33(15-37-22)13-12-16-2-6-18(29)7-3-16/h2-11H,12-15H2,1H3. The lowest BCUT2D eigenvalue weighted by molar-refractivity contribution is -0.154. The van der Waals surface area contributed by atoms with Crippen LogP contribution in [0.4, 0.5) is 17.6 Å². The third-order valence-electron chi connectivity index (χ3n) is 6.25. The molecule has 0 aliphatic carbocycles. The summed E-state index contributed by atoms with van der Waals surface area (Å²) in [5, 5.41) is -0.105. The number of hydrogen-bond acceptors (Lipinski definition) is 7. The molecule has 1 aromatic heterocycles. The molecular weight excluding hydrogens is 522 g/mol. The summed E-state index contributed by atoms with van der Waals surface area (Å²) in [6, 6.07) is 13.9. The summed E-state index contributed by atoms with van der Waals surface area (Å²) in [7, 11) is 1.19. The van der Waals surface area contributed by atoms with Crippen molar-refractivity contribution in [1.29, 1.82) is 0 Å². The van der Waals surface area contributed by atoms with Gasteiger partial charge >= 0.3 is 12.1 Å². The Bertz CT molecular complexity index is 1580. The van der Waals surface area contributed by atoms with Crippen LogP contribution in [-0.2, 0) is 23.9 Å². The molecule has 2 heterocycles. The number of fused-ring (bicyclic) bond motifs is 3. The summed E-state index contributed by atoms with van der Waals surface area (Å²) in [4.78, 5) is 26.8. The van der Waals surface area contributed by atoms with Gasteiger partial charge in [-0.3, -0.25) is 9.69 Å². The van der Waals surface area contributed by atoms with E-state index in [1.165, 1.54) is 55.6 Å². The largest absolute Gasteiger partial charge is 0.478 e. The third kappa shape index (κ3) is 5.44. The van der Waals surface area contributed by atoms with Gasteiger partial charge in [-0.25, -0.2) is 9.18 Å². The number of ether oxygens (including phenoxy) is 3. The molecule has 0 radical (unpaired) electrons. The number of alkyl halides is 3. The van der Waals surface area contributed by atoms with Crippen LogP contribution in [0.5, 0.6) is 17.2 Å². The highest BCUT2D eigenvalue weighted by Gasteiger charge is 2.41. The molecule has 3 aromatic carbocycles. The van der Waals surface area contributed by atoms with E-state index >= 15 is 0 Å². The highest BCUT2D eigenvalue weighted by molar-refractivity contribution is 5.89. The molecule has 0 bridgehead atoms. The second-order valence-corrected chi connectivity index (χ2v) is 8.83. The van der Waals surface area contributed by atoms with E-state index in [0.717, 1.165) is 5.56 Å². The zero-order valence-corrected chi connectivity index (χ0v) is 20.5. The third-order valence-corrected chi connectivity index (χ3v) is 6.25. The number of halogens is 4. The number of rotatable bonds is 6. The molecule has 0 fully saturated rings. The van der Waals surface area contributed by atoms with E-state index in [4.69, 9.17) is 13.9 Å². The fourth-order valence-electron chi connectivity index (χ4n) is 4.25. The molecular formula is C28H21F4NO6. The van der Waals surface area contributed by atoms with Crippen LogP contribution in [0.15, 0.2) is 69.9 Å². The Labute approximate surface area is 219 Å². The van der Waals surface area contributed by atoms with Gasteiger partial charge in [0.1, 0.15) is 29.6 Å². The van der Waals surface area contributed by atoms with E-state index in [0.29, 0.717) is 24.3 Å². The number of esters is 1. The summed E-state index contributed by atoms with van der Waals surface area (Å²) in [6.07, 6.45) is -4.50. The Hall–Kier alpha value is -4.38. The van der Waals surface area contributed by atoms with Crippen molar-refractivity contribution in [2.75, 3.05) is 20.4 Å². The molecule has 0 saturated carbocycles. The number of methoxy groups -OCH3 is 1. The van der Waals surface area contributed by atoms with Crippen molar-refractivity contribution in [2.45, 2.75) is 19.1 Å². The monoisotopic (exact) mass is 543 g/mol. The highest BCUT2D eigenvalue weighted by atomic mass is 19.4. The molecule has 0 atom stereocenters. The van der Waals surface area contributed by atoms with Crippen LogP contribution in [0.25, 0.3) is 11.0 Å². The molecule has 1 aliphatic heterocycles. The molecule has 0 saturated heterocycles. The number of benzene rings is 3. The minimum absolute atomic E-state index is 0.104. The molecule has 0 amide bonds. The van der Waals surface area contributed by atoms with Gasteiger partial charge in [0.2, 0.25) is 11.2 Å². The first kappa shape index (κ1) is 26.2. The average Bonchev–Trinajstić information content (AvgIpc) is 2.93. The average molecular weight is 543 g/mol. The van der Waals surface area contributed by atoms with Gasteiger partial charge in [-0.2, -0.15) is 13.2 Å². The molecule has 39 heavy (non-hydrogen) atoms. The SMILES string of the molecule is COC(=O)c1ccc(Oc2c(C(F)(F)F)oc3c4c(ccc3c2=O)OCN(CCc2ccc(F)cc2)C4)cc1. The van der Waals surface area contributed by atoms with Crippen molar-refractivity contribution in [1.82, 2.24) is 4.90 Å². The van der Waals surface area contributed by atoms with Crippen LogP contribution >= 0.6 is 0 Å². The summed E-state index contributed by atoms with van der Waals surface area (Å²) >= 11 is 0. The van der Waals surface area contributed by atoms with Gasteiger partial charge < -0.3 is 18.6 Å². The van der Waals surface area contributed by atoms with E-state index in [1.54, 1.807) is 12.1 Å². The van der Waals surface area contributed by atoms with Gasteiger partial charge in [0.25, 0.3) is 5.76 Å². The van der Waals surface area contributed by atoms with Crippen molar-refractivity contribution in [3.63, 3.8) is 0 Å². The molecule has 4 aromatic rings. The summed E-state index contributed by atoms with van der Waals surface area (Å²) < 4.78 is 76.4. The molecule has 202 valence electrons. The Kier molecular flexibility index (Phi) is 7.00. The van der Waals surface area contributed by atoms with Crippen molar-refractivity contribution in [3.05, 3.63) is 99.2 Å². The fourth-order valence-corrected chi connectivity index (χ4v) is 4.25. The minimum atomic E-state index is -5.05. The van der Waals surface area contributed by atoms with Gasteiger partial charge in [-0.05, 0) is 60.5 Å². The Morgan fingerprint density at radius 2 is 1.74 bits per heavy atom. The molecule has 0 N–H and O–H groups in total. The van der Waals surface area contributed by atoms with Crippen molar-refractivity contribution < 1.29 is 41.0 Å². The van der Waals surface area contributed by atoms with Crippen LogP contribution in [0.1, 0.15) is 27.2 Å². The van der Waals surface area contributed by atoms with E-state index in [1.807, 2.05) is 4.90 Å². The first-order valence-electron chi connectivity index (χ1n) is 11.8. The van der Waals surface area contributed by atoms with Gasteiger partial charge in [-0.15, -0.1) is 0 Å². The second-order valence-electron chi connectivity index (χ2n) is 8.83. The zero-order chi connectivity index (χ0) is 27.7. The van der Waals surface area contributed by atoms with Crippen molar-refractivity contribution >= 4 is 16.9 Å². The summed E-state index contributed by atoms with van der Waals surface area (Å²) in [5.74, 6) is -3.39. The van der Waals surface area contributed by atoms with Gasteiger partial charge in [0, 0.05) is 13.1 Å². The first-order chi connectivity index (χ1) is 18.6. The normalized spacial score (nSPS) is 13.6. The van der Waals surface area contributed by atoms with E-state index in [2.05, 4.69) is 4.74 Å². The minimum Gasteiger partial charge on any atom is -0.478 e. The van der Waals surface area contributed by atoms with Gasteiger partial charge in [0.15, 0.2) is 0 Å². The first-order valence-corrected chi connectivity index (χ1v) is 11.8. The second kappa shape index (κ2) is 10.4. The van der Waals surface area contributed by atoms with E-state index in [9.17, 15) is 27.2 Å². The van der Waals surface area contributed by atoms with Crippen LogP contribution in [0, 0.1) is 5.82 Å². The van der Waals surface area contributed by atoms with Crippen molar-refractivity contribution in [3.8, 4) is 17.2 Å². The smallest absolute Gasteiger partial charge is 0.453 e. The van der Waals surface area contributed by atoms with Crippen LogP contribution in [-0.4, -0.2) is 31.3 Å². The fraction of sp³-hybridized carbons (Fsp3) is 0.214. The molecule has 0 spiro atoms. The Morgan fingerprint density at radius 1 is 1.03 bits per heavy atom. The number of nitrogens with zero attached hydrogens (tertiary/aromatic N) is 1. The highest BCUT2D eigenvalue weighted by Crippen LogP contribution is 2.41. The maximum Gasteiger partial charge on any atom is 0.453 e. The van der Waals surface area contributed by atoms with Gasteiger partial charge in [-0.1, -0.05) is 12.1 Å². The number of carbonyl (C=O) groups excluding carboxylic acids is 1. The van der Waals surface area contributed by atoms with Gasteiger partial charge in [0.05, 0.1) is 23.6 Å². The lowest BCUT2D eigenvalue weighted by Gasteiger charge is -2.29. The molecule has 11 heteroatoms. The molecule has 0 unspecified atom stereocenters. The summed E-state index contributed by atoms with van der Waals surface area (Å²) in [5.41, 5.74) is 0.0838. The van der Waals surface area contributed by atoms with Crippen LogP contribution in [0.2, 0.25) is 0 Å². The topological polar surface area (TPSA) is 78.2 Å². The Balaban J connectivity index is 1.49. The van der Waals surface area contributed by atoms with Crippen LogP contribution in [0.3, 0.4) is 0 Å². The predicted octanol–water partition coefficient (Wildman–Crippen LogP) is 5.92. The van der Waals surface area contributed by atoms with Crippen molar-refractivity contribution in [2.24, 2.45) is 0 Å². The number of hydrogen-bond donors (Lipinski definition) is 0.